The molecule has 140 valence electrons. The third-order valence-corrected chi connectivity index (χ3v) is 5.83. The summed E-state index contributed by atoms with van der Waals surface area (Å²) in [7, 11) is 0. The van der Waals surface area contributed by atoms with Crippen molar-refractivity contribution in [3.63, 3.8) is 0 Å². The van der Waals surface area contributed by atoms with Crippen molar-refractivity contribution in [2.75, 3.05) is 23.3 Å². The predicted octanol–water partition coefficient (Wildman–Crippen LogP) is 3.03. The monoisotopic (exact) mass is 370 g/mol. The number of nitriles is 1. The molecule has 5 rings (SSSR count). The number of hydrogen-bond acceptors (Lipinski definition) is 4. The number of anilines is 2. The van der Waals surface area contributed by atoms with Crippen LogP contribution < -0.4 is 20.8 Å². The van der Waals surface area contributed by atoms with E-state index in [9.17, 15) is 10.1 Å². The number of nitrogens with zero attached hydrogens (tertiary/aromatic N) is 3. The maximum absolute atomic E-state index is 12.3. The molecule has 1 N–H and O–H groups in total. The molecule has 0 spiro atoms. The first kappa shape index (κ1) is 17.0. The van der Waals surface area contributed by atoms with Crippen molar-refractivity contribution < 1.29 is 4.79 Å². The Morgan fingerprint density at radius 1 is 1.07 bits per heavy atom. The van der Waals surface area contributed by atoms with Crippen LogP contribution >= 0.6 is 0 Å². The average Bonchev–Trinajstić information content (AvgIpc) is 3.18. The molecule has 1 amide bonds. The van der Waals surface area contributed by atoms with Crippen LogP contribution in [0.1, 0.15) is 33.1 Å². The number of nitrogens with one attached hydrogen (secondary N) is 1. The molecule has 2 heterocycles. The fourth-order valence-electron chi connectivity index (χ4n) is 4.72. The van der Waals surface area contributed by atoms with Gasteiger partial charge in [-0.25, -0.2) is 0 Å². The molecule has 0 bridgehead atoms. The van der Waals surface area contributed by atoms with Gasteiger partial charge in [-0.05, 0) is 50.6 Å². The van der Waals surface area contributed by atoms with Crippen LogP contribution in [-0.2, 0) is 4.79 Å². The number of fused-ring (bicyclic) bond motifs is 3. The van der Waals surface area contributed by atoms with Crippen LogP contribution in [0.15, 0.2) is 29.3 Å². The molecule has 4 aliphatic rings. The summed E-state index contributed by atoms with van der Waals surface area (Å²) in [6, 6.07) is 10.7. The Morgan fingerprint density at radius 2 is 1.82 bits per heavy atom. The SMILES string of the molecule is CC(C)N=c1ccc2c(N3CCCCC3)ccc3c2-c1c1c3=C(C#N)C(=O)N1. The molecule has 0 atom stereocenters. The smallest absolute Gasteiger partial charge is 0.267 e. The van der Waals surface area contributed by atoms with Gasteiger partial charge >= 0.3 is 0 Å². The minimum absolute atomic E-state index is 0.142. The van der Waals surface area contributed by atoms with Crippen molar-refractivity contribution >= 4 is 33.6 Å². The highest BCUT2D eigenvalue weighted by Crippen LogP contribution is 2.42. The highest BCUT2D eigenvalue weighted by molar-refractivity contribution is 6.32. The lowest BCUT2D eigenvalue weighted by atomic mass is 9.96. The van der Waals surface area contributed by atoms with E-state index < -0.39 is 0 Å². The van der Waals surface area contributed by atoms with Crippen LogP contribution in [0.2, 0.25) is 0 Å². The summed E-state index contributed by atoms with van der Waals surface area (Å²) < 4.78 is 0. The van der Waals surface area contributed by atoms with E-state index in [-0.39, 0.29) is 17.5 Å². The fourth-order valence-corrected chi connectivity index (χ4v) is 4.72. The van der Waals surface area contributed by atoms with Crippen LogP contribution in [0.25, 0.3) is 27.5 Å². The number of piperidine rings is 1. The van der Waals surface area contributed by atoms with Gasteiger partial charge in [0.05, 0.1) is 11.0 Å². The zero-order valence-corrected chi connectivity index (χ0v) is 16.2. The lowest BCUT2D eigenvalue weighted by Crippen LogP contribution is -2.29. The molecule has 1 aromatic rings. The lowest BCUT2D eigenvalue weighted by Gasteiger charge is -2.30. The van der Waals surface area contributed by atoms with Crippen molar-refractivity contribution in [1.29, 1.82) is 5.26 Å². The number of hydrogen-bond donors (Lipinski definition) is 1. The van der Waals surface area contributed by atoms with E-state index in [2.05, 4.69) is 40.6 Å². The summed E-state index contributed by atoms with van der Waals surface area (Å²) in [6.45, 7) is 6.24. The Balaban J connectivity index is 1.91. The van der Waals surface area contributed by atoms with Gasteiger partial charge in [0.15, 0.2) is 0 Å². The molecular formula is C23H22N4O. The second kappa shape index (κ2) is 6.20. The first-order chi connectivity index (χ1) is 13.6. The Bertz CT molecular complexity index is 1230. The van der Waals surface area contributed by atoms with Gasteiger partial charge in [-0.2, -0.15) is 5.26 Å². The van der Waals surface area contributed by atoms with Crippen LogP contribution in [-0.4, -0.2) is 25.0 Å². The molecular weight excluding hydrogens is 348 g/mol. The largest absolute Gasteiger partial charge is 0.371 e. The summed E-state index contributed by atoms with van der Waals surface area (Å²) in [5.41, 5.74) is 4.27. The molecule has 28 heavy (non-hydrogen) atoms. The molecule has 5 heteroatoms. The fraction of sp³-hybridized carbons (Fsp3) is 0.348. The van der Waals surface area contributed by atoms with Crippen molar-refractivity contribution in [2.45, 2.75) is 39.2 Å². The lowest BCUT2D eigenvalue weighted by molar-refractivity contribution is -0.110. The first-order valence-electron chi connectivity index (χ1n) is 9.99. The van der Waals surface area contributed by atoms with E-state index >= 15 is 0 Å². The van der Waals surface area contributed by atoms with Crippen LogP contribution in [0.5, 0.6) is 0 Å². The Kier molecular flexibility index (Phi) is 3.77. The molecule has 5 nitrogen and oxygen atoms in total. The first-order valence-corrected chi connectivity index (χ1v) is 9.99. The molecule has 0 aromatic heterocycles. The third-order valence-electron chi connectivity index (χ3n) is 5.83. The number of rotatable bonds is 2. The van der Waals surface area contributed by atoms with E-state index in [0.29, 0.717) is 0 Å². The standard InChI is InChI=1S/C23H22N4O/c1-13(2)25-17-8-6-14-18(27-10-4-3-5-11-27)9-7-15-19(14)21(17)22-20(15)16(12-24)23(28)26-22/h6-9,13H,3-5,10-11H2,1-2H3,(H,26,28). The summed E-state index contributed by atoms with van der Waals surface area (Å²) >= 11 is 0. The highest BCUT2D eigenvalue weighted by Gasteiger charge is 2.32. The van der Waals surface area contributed by atoms with Crippen LogP contribution in [0, 0.1) is 11.3 Å². The van der Waals surface area contributed by atoms with Crippen molar-refractivity contribution in [1.82, 2.24) is 0 Å². The minimum Gasteiger partial charge on any atom is -0.371 e. The normalized spacial score (nSPS) is 17.6. The Labute approximate surface area is 163 Å². The molecule has 0 saturated carbocycles. The van der Waals surface area contributed by atoms with E-state index in [0.717, 1.165) is 45.9 Å². The molecule has 0 unspecified atom stereocenters. The number of carbonyl (C=O) groups excluding carboxylic acids is 1. The summed E-state index contributed by atoms with van der Waals surface area (Å²) in [5.74, 6) is -0.314. The zero-order chi connectivity index (χ0) is 19.4. The van der Waals surface area contributed by atoms with Gasteiger partial charge < -0.3 is 10.2 Å². The van der Waals surface area contributed by atoms with Crippen LogP contribution in [0.3, 0.4) is 0 Å². The van der Waals surface area contributed by atoms with Gasteiger partial charge in [-0.15, -0.1) is 0 Å². The highest BCUT2D eigenvalue weighted by atomic mass is 16.1. The Morgan fingerprint density at radius 3 is 2.54 bits per heavy atom. The predicted molar refractivity (Wildman–Crippen MR) is 111 cm³/mol. The number of amides is 1. The van der Waals surface area contributed by atoms with Gasteiger partial charge in [0.25, 0.3) is 5.91 Å². The third kappa shape index (κ3) is 2.31. The van der Waals surface area contributed by atoms with E-state index in [1.54, 1.807) is 0 Å². The molecule has 2 aliphatic carbocycles. The summed E-state index contributed by atoms with van der Waals surface area (Å²) in [4.78, 5) is 19.6. The average molecular weight is 370 g/mol. The second-order valence-electron chi connectivity index (χ2n) is 7.98. The maximum atomic E-state index is 12.3. The molecule has 1 saturated heterocycles. The molecule has 2 aliphatic heterocycles. The topological polar surface area (TPSA) is 68.5 Å². The summed E-state index contributed by atoms with van der Waals surface area (Å²) in [6.07, 6.45) is 3.72. The quantitative estimate of drug-likeness (QED) is 0.754. The van der Waals surface area contributed by atoms with Crippen molar-refractivity contribution in [2.24, 2.45) is 4.99 Å². The van der Waals surface area contributed by atoms with Gasteiger partial charge in [-0.1, -0.05) is 12.1 Å². The van der Waals surface area contributed by atoms with Crippen molar-refractivity contribution in [3.05, 3.63) is 34.8 Å². The van der Waals surface area contributed by atoms with Crippen molar-refractivity contribution in [3.8, 4) is 17.2 Å². The molecule has 1 aromatic carbocycles. The number of benzene rings is 2. The molecule has 0 radical (unpaired) electrons. The number of carbonyl (C=O) groups is 1. The van der Waals surface area contributed by atoms with Gasteiger partial charge in [0, 0.05) is 46.6 Å². The Hall–Kier alpha value is -3.13. The molecule has 1 fully saturated rings. The second-order valence-corrected chi connectivity index (χ2v) is 7.98. The van der Waals surface area contributed by atoms with E-state index in [4.69, 9.17) is 4.99 Å². The zero-order valence-electron chi connectivity index (χ0n) is 16.2. The van der Waals surface area contributed by atoms with Gasteiger partial charge in [0.1, 0.15) is 11.6 Å². The van der Waals surface area contributed by atoms with Gasteiger partial charge in [-0.3, -0.25) is 9.79 Å². The van der Waals surface area contributed by atoms with Gasteiger partial charge in [0.2, 0.25) is 0 Å². The minimum atomic E-state index is -0.314. The van der Waals surface area contributed by atoms with E-state index in [1.807, 2.05) is 13.8 Å². The maximum Gasteiger partial charge on any atom is 0.267 e. The van der Waals surface area contributed by atoms with E-state index in [1.165, 1.54) is 30.3 Å². The van der Waals surface area contributed by atoms with Crippen LogP contribution in [0.4, 0.5) is 11.4 Å². The summed E-state index contributed by atoms with van der Waals surface area (Å²) in [5, 5.41) is 16.3.